The number of carboxylic acids is 1. The van der Waals surface area contributed by atoms with Gasteiger partial charge in [0, 0.05) is 10.9 Å². The van der Waals surface area contributed by atoms with E-state index in [4.69, 9.17) is 14.3 Å². The van der Waals surface area contributed by atoms with Crippen molar-refractivity contribution in [3.63, 3.8) is 0 Å². The van der Waals surface area contributed by atoms with Gasteiger partial charge in [-0.15, -0.1) is 0 Å². The fourth-order valence-corrected chi connectivity index (χ4v) is 2.95. The number of rotatable bonds is 7. The first kappa shape index (κ1) is 19.5. The highest BCUT2D eigenvalue weighted by Gasteiger charge is 2.22. The molecule has 1 aromatic heterocycles. The molecule has 1 amide bonds. The van der Waals surface area contributed by atoms with Crippen LogP contribution in [0.5, 0.6) is 5.75 Å². The van der Waals surface area contributed by atoms with E-state index in [1.54, 1.807) is 26.0 Å². The summed E-state index contributed by atoms with van der Waals surface area (Å²) >= 11 is 0. The number of benzene rings is 1. The van der Waals surface area contributed by atoms with Crippen LogP contribution in [0.3, 0.4) is 0 Å². The van der Waals surface area contributed by atoms with Crippen LogP contribution < -0.4 is 15.7 Å². The van der Waals surface area contributed by atoms with Gasteiger partial charge in [-0.1, -0.05) is 13.3 Å². The Bertz CT molecular complexity index is 899. The van der Waals surface area contributed by atoms with Crippen LogP contribution in [0.2, 0.25) is 0 Å². The predicted octanol–water partition coefficient (Wildman–Crippen LogP) is 2.33. The van der Waals surface area contributed by atoms with Crippen molar-refractivity contribution in [1.29, 1.82) is 0 Å². The second-order valence-corrected chi connectivity index (χ2v) is 6.19. The highest BCUT2D eigenvalue weighted by atomic mass is 16.5. The number of methoxy groups -OCH3 is 1. The molecule has 0 radical (unpaired) electrons. The van der Waals surface area contributed by atoms with Gasteiger partial charge in [-0.3, -0.25) is 4.79 Å². The molecule has 2 aromatic rings. The number of aryl methyl sites for hydroxylation is 2. The van der Waals surface area contributed by atoms with Crippen LogP contribution in [0.1, 0.15) is 36.5 Å². The molecule has 1 atom stereocenters. The van der Waals surface area contributed by atoms with E-state index in [1.165, 1.54) is 7.11 Å². The van der Waals surface area contributed by atoms with Crippen LogP contribution >= 0.6 is 0 Å². The topological polar surface area (TPSA) is 106 Å². The maximum absolute atomic E-state index is 12.4. The van der Waals surface area contributed by atoms with Crippen LogP contribution in [0.4, 0.5) is 0 Å². The molecule has 2 N–H and O–H groups in total. The Kier molecular flexibility index (Phi) is 6.02. The summed E-state index contributed by atoms with van der Waals surface area (Å²) in [6.07, 6.45) is 0.712. The summed E-state index contributed by atoms with van der Waals surface area (Å²) in [4.78, 5) is 35.8. The number of amides is 1. The number of carbonyl (C=O) groups is 2. The first-order valence-corrected chi connectivity index (χ1v) is 8.42. The van der Waals surface area contributed by atoms with Crippen molar-refractivity contribution < 1.29 is 23.8 Å². The third-order valence-electron chi connectivity index (χ3n) is 4.42. The fraction of sp³-hybridized carbons (Fsp3) is 0.421. The number of hydrogen-bond acceptors (Lipinski definition) is 5. The van der Waals surface area contributed by atoms with E-state index in [2.05, 4.69) is 5.32 Å². The molecule has 0 spiro atoms. The minimum absolute atomic E-state index is 0.222. The van der Waals surface area contributed by atoms with Crippen LogP contribution in [-0.2, 0) is 16.0 Å². The molecule has 0 bridgehead atoms. The van der Waals surface area contributed by atoms with E-state index in [0.717, 1.165) is 0 Å². The van der Waals surface area contributed by atoms with Gasteiger partial charge in [0.15, 0.2) is 0 Å². The highest BCUT2D eigenvalue weighted by Crippen LogP contribution is 2.29. The molecular formula is C19H23NO6. The molecule has 1 aromatic carbocycles. The molecule has 7 nitrogen and oxygen atoms in total. The first-order chi connectivity index (χ1) is 12.3. The molecule has 140 valence electrons. The van der Waals surface area contributed by atoms with Gasteiger partial charge >= 0.3 is 11.6 Å². The lowest BCUT2D eigenvalue weighted by Crippen LogP contribution is -2.41. The van der Waals surface area contributed by atoms with Crippen molar-refractivity contribution >= 4 is 22.8 Å². The Balaban J connectivity index is 2.37. The number of fused-ring (bicyclic) bond motifs is 1. The molecule has 2 rings (SSSR count). The summed E-state index contributed by atoms with van der Waals surface area (Å²) in [6, 6.07) is 2.58. The monoisotopic (exact) mass is 361 g/mol. The van der Waals surface area contributed by atoms with Gasteiger partial charge in [-0.2, -0.15) is 0 Å². The number of aliphatic carboxylic acids is 1. The van der Waals surface area contributed by atoms with Crippen molar-refractivity contribution in [2.24, 2.45) is 0 Å². The van der Waals surface area contributed by atoms with E-state index in [-0.39, 0.29) is 12.0 Å². The van der Waals surface area contributed by atoms with E-state index in [0.29, 0.717) is 40.7 Å². The third kappa shape index (κ3) is 3.87. The van der Waals surface area contributed by atoms with Crippen molar-refractivity contribution in [1.82, 2.24) is 5.32 Å². The quantitative estimate of drug-likeness (QED) is 0.733. The van der Waals surface area contributed by atoms with Crippen molar-refractivity contribution in [2.45, 2.75) is 46.1 Å². The molecule has 0 unspecified atom stereocenters. The molecule has 0 aliphatic rings. The van der Waals surface area contributed by atoms with Gasteiger partial charge in [0.1, 0.15) is 17.4 Å². The van der Waals surface area contributed by atoms with Crippen LogP contribution in [0.15, 0.2) is 21.3 Å². The molecular weight excluding hydrogens is 338 g/mol. The Morgan fingerprint density at radius 1 is 1.27 bits per heavy atom. The van der Waals surface area contributed by atoms with E-state index < -0.39 is 23.5 Å². The lowest BCUT2D eigenvalue weighted by molar-refractivity contribution is -0.141. The van der Waals surface area contributed by atoms with Crippen molar-refractivity contribution in [3.05, 3.63) is 39.2 Å². The molecule has 0 aliphatic heterocycles. The maximum atomic E-state index is 12.4. The predicted molar refractivity (Wildman–Crippen MR) is 96.7 cm³/mol. The van der Waals surface area contributed by atoms with Gasteiger partial charge in [-0.25, -0.2) is 9.59 Å². The summed E-state index contributed by atoms with van der Waals surface area (Å²) in [5.74, 6) is -1.01. The SMILES string of the molecule is CCC[C@H](NC(=O)Cc1c(C)c2ccc(OC)c(C)c2oc1=O)C(=O)O. The lowest BCUT2D eigenvalue weighted by atomic mass is 10.0. The van der Waals surface area contributed by atoms with Crippen molar-refractivity contribution in [3.8, 4) is 5.75 Å². The zero-order valence-electron chi connectivity index (χ0n) is 15.3. The second-order valence-electron chi connectivity index (χ2n) is 6.19. The number of nitrogens with one attached hydrogen (secondary N) is 1. The average molecular weight is 361 g/mol. The Morgan fingerprint density at radius 3 is 2.54 bits per heavy atom. The number of hydrogen-bond donors (Lipinski definition) is 2. The molecule has 7 heteroatoms. The molecule has 1 heterocycles. The van der Waals surface area contributed by atoms with Gasteiger partial charge < -0.3 is 19.6 Å². The van der Waals surface area contributed by atoms with E-state index in [1.807, 2.05) is 6.92 Å². The Labute approximate surface area is 151 Å². The largest absolute Gasteiger partial charge is 0.496 e. The first-order valence-electron chi connectivity index (χ1n) is 8.42. The van der Waals surface area contributed by atoms with Crippen LogP contribution in [-0.4, -0.2) is 30.1 Å². The minimum atomic E-state index is -1.09. The number of carbonyl (C=O) groups excluding carboxylic acids is 1. The summed E-state index contributed by atoms with van der Waals surface area (Å²) in [6.45, 7) is 5.37. The average Bonchev–Trinajstić information content (AvgIpc) is 2.59. The summed E-state index contributed by atoms with van der Waals surface area (Å²) in [5, 5.41) is 12.3. The minimum Gasteiger partial charge on any atom is -0.496 e. The molecule has 26 heavy (non-hydrogen) atoms. The van der Waals surface area contributed by atoms with Gasteiger partial charge in [0.05, 0.1) is 19.1 Å². The maximum Gasteiger partial charge on any atom is 0.340 e. The van der Waals surface area contributed by atoms with E-state index in [9.17, 15) is 14.4 Å². The van der Waals surface area contributed by atoms with Crippen LogP contribution in [0.25, 0.3) is 11.0 Å². The normalized spacial score (nSPS) is 12.0. The second kappa shape index (κ2) is 8.03. The number of ether oxygens (including phenoxy) is 1. The molecule has 0 aliphatic carbocycles. The molecule has 0 saturated heterocycles. The van der Waals surface area contributed by atoms with Gasteiger partial charge in [0.2, 0.25) is 5.91 Å². The van der Waals surface area contributed by atoms with Gasteiger partial charge in [0.25, 0.3) is 0 Å². The molecule has 0 saturated carbocycles. The third-order valence-corrected chi connectivity index (χ3v) is 4.42. The lowest BCUT2D eigenvalue weighted by Gasteiger charge is -2.14. The summed E-state index contributed by atoms with van der Waals surface area (Å²) in [7, 11) is 1.53. The Hall–Kier alpha value is -2.83. The van der Waals surface area contributed by atoms with Gasteiger partial charge in [-0.05, 0) is 38.0 Å². The Morgan fingerprint density at radius 2 is 1.96 bits per heavy atom. The summed E-state index contributed by atoms with van der Waals surface area (Å²) in [5.41, 5.74) is 1.38. The van der Waals surface area contributed by atoms with Crippen molar-refractivity contribution in [2.75, 3.05) is 7.11 Å². The number of carboxylic acid groups (broad SMARTS) is 1. The zero-order valence-corrected chi connectivity index (χ0v) is 15.3. The smallest absolute Gasteiger partial charge is 0.340 e. The zero-order chi connectivity index (χ0) is 19.4. The fourth-order valence-electron chi connectivity index (χ4n) is 2.95. The van der Waals surface area contributed by atoms with E-state index >= 15 is 0 Å². The molecule has 0 fully saturated rings. The standard InChI is InChI=1S/C19H23NO6/c1-5-6-14(18(22)23)20-16(21)9-13-10(2)12-7-8-15(25-4)11(3)17(12)26-19(13)24/h7-8,14H,5-6,9H2,1-4H3,(H,20,21)(H,22,23)/t14-/m0/s1. The summed E-state index contributed by atoms with van der Waals surface area (Å²) < 4.78 is 10.7. The van der Waals surface area contributed by atoms with Crippen LogP contribution in [0, 0.1) is 13.8 Å². The highest BCUT2D eigenvalue weighted by molar-refractivity contribution is 5.88.